The average molecular weight is 700 g/mol. The molecule has 244 valence electrons. The highest BCUT2D eigenvalue weighted by molar-refractivity contribution is 7.26. The maximum absolute atomic E-state index is 5.32. The van der Waals surface area contributed by atoms with Crippen LogP contribution in [0.1, 0.15) is 5.56 Å². The quantitative estimate of drug-likeness (QED) is 0.186. The molecule has 0 saturated carbocycles. The summed E-state index contributed by atoms with van der Waals surface area (Å²) < 4.78 is 5.19. The summed E-state index contributed by atoms with van der Waals surface area (Å²) >= 11 is 3.71. The van der Waals surface area contributed by atoms with Crippen molar-refractivity contribution in [2.24, 2.45) is 0 Å². The number of nitrogens with one attached hydrogen (secondary N) is 1. The third kappa shape index (κ3) is 4.43. The number of para-hydroxylation sites is 1. The molecule has 3 nitrogen and oxygen atoms in total. The van der Waals surface area contributed by atoms with Crippen LogP contribution < -0.4 is 5.32 Å². The van der Waals surface area contributed by atoms with Gasteiger partial charge in [-0.15, -0.1) is 22.7 Å². The highest BCUT2D eigenvalue weighted by Gasteiger charge is 2.20. The molecule has 3 aromatic heterocycles. The number of anilines is 2. The molecule has 0 spiro atoms. The molecule has 3 heterocycles. The lowest BCUT2D eigenvalue weighted by atomic mass is 9.90. The van der Waals surface area contributed by atoms with Crippen molar-refractivity contribution in [1.29, 1.82) is 0 Å². The molecule has 0 radical (unpaired) electrons. The lowest BCUT2D eigenvalue weighted by molar-refractivity contribution is 1.22. The van der Waals surface area contributed by atoms with E-state index in [1.165, 1.54) is 62.2 Å². The van der Waals surface area contributed by atoms with Gasteiger partial charge in [-0.1, -0.05) is 121 Å². The number of fused-ring (bicyclic) bond motifs is 11. The Morgan fingerprint density at radius 1 is 0.500 bits per heavy atom. The zero-order valence-corrected chi connectivity index (χ0v) is 29.8. The molecule has 0 amide bonds. The Labute approximate surface area is 307 Å². The summed E-state index contributed by atoms with van der Waals surface area (Å²) in [5.41, 5.74) is 7.56. The minimum atomic E-state index is 0.577. The van der Waals surface area contributed by atoms with Gasteiger partial charge >= 0.3 is 0 Å². The fourth-order valence-electron chi connectivity index (χ4n) is 8.10. The van der Waals surface area contributed by atoms with Gasteiger partial charge in [0.1, 0.15) is 0 Å². The number of benzene rings is 8. The largest absolute Gasteiger partial charge is 0.324 e. The Kier molecular flexibility index (Phi) is 6.51. The molecule has 0 atom stereocenters. The minimum Gasteiger partial charge on any atom is -0.324 e. The topological polar surface area (TPSA) is 37.8 Å². The fourth-order valence-corrected chi connectivity index (χ4v) is 10.5. The highest BCUT2D eigenvalue weighted by atomic mass is 32.1. The summed E-state index contributed by atoms with van der Waals surface area (Å²) in [6.07, 6.45) is 0. The molecule has 1 N–H and O–H groups in total. The van der Waals surface area contributed by atoms with Crippen molar-refractivity contribution >= 4 is 107 Å². The molecular formula is C47H29N3S2. The number of aromatic nitrogens is 2. The molecule has 11 rings (SSSR count). The second kappa shape index (κ2) is 11.4. The third-order valence-electron chi connectivity index (χ3n) is 10.5. The van der Waals surface area contributed by atoms with Crippen LogP contribution in [0.5, 0.6) is 0 Å². The van der Waals surface area contributed by atoms with Crippen LogP contribution in [0, 0.1) is 6.92 Å². The van der Waals surface area contributed by atoms with Crippen LogP contribution in [-0.2, 0) is 0 Å². The fraction of sp³-hybridized carbons (Fsp3) is 0.0213. The van der Waals surface area contributed by atoms with Crippen molar-refractivity contribution in [1.82, 2.24) is 9.97 Å². The first-order valence-electron chi connectivity index (χ1n) is 17.5. The molecule has 0 aliphatic carbocycles. The van der Waals surface area contributed by atoms with Crippen LogP contribution in [0.15, 0.2) is 152 Å². The monoisotopic (exact) mass is 699 g/mol. The first-order chi connectivity index (χ1) is 25.7. The van der Waals surface area contributed by atoms with Crippen molar-refractivity contribution < 1.29 is 0 Å². The second-order valence-electron chi connectivity index (χ2n) is 13.4. The Hall–Kier alpha value is -6.14. The number of aryl methyl sites for hydroxylation is 1. The molecule has 52 heavy (non-hydrogen) atoms. The van der Waals surface area contributed by atoms with Crippen LogP contribution in [0.4, 0.5) is 11.6 Å². The molecular weight excluding hydrogens is 671 g/mol. The van der Waals surface area contributed by atoms with E-state index in [2.05, 4.69) is 164 Å². The smallest absolute Gasteiger partial charge is 0.228 e. The van der Waals surface area contributed by atoms with E-state index in [9.17, 15) is 0 Å². The standard InChI is InChI=1S/C47H29N3S2/c1-27-42(33-15-4-5-16-34(33)43-36-18-8-11-21-40(36)52-46(27)43)35-17-6-9-19-38(35)48-47-49-44(37-25-22-28-12-2-3-13-30(28)45(37)50-47)29-23-24-32-31-14-7-10-20-39(31)51-41(32)26-29/h2-26H,1H3,(H,48,49,50). The van der Waals surface area contributed by atoms with Crippen LogP contribution in [0.25, 0.3) is 95.2 Å². The SMILES string of the molecule is Cc1c(-c2ccccc2Nc2nc(-c3ccc4c(c3)sc3ccccc34)c3ccc4ccccc4c3n2)c2ccccc2c2c1sc1ccccc12. The van der Waals surface area contributed by atoms with Crippen molar-refractivity contribution in [3.63, 3.8) is 0 Å². The van der Waals surface area contributed by atoms with E-state index in [0.717, 1.165) is 44.2 Å². The van der Waals surface area contributed by atoms with E-state index >= 15 is 0 Å². The van der Waals surface area contributed by atoms with E-state index in [1.807, 2.05) is 22.7 Å². The maximum Gasteiger partial charge on any atom is 0.228 e. The molecule has 0 aliphatic rings. The lowest BCUT2D eigenvalue weighted by Gasteiger charge is -2.18. The zero-order valence-electron chi connectivity index (χ0n) is 28.1. The second-order valence-corrected chi connectivity index (χ2v) is 15.5. The van der Waals surface area contributed by atoms with Crippen molar-refractivity contribution in [3.05, 3.63) is 157 Å². The summed E-state index contributed by atoms with van der Waals surface area (Å²) in [4.78, 5) is 10.6. The van der Waals surface area contributed by atoms with E-state index in [4.69, 9.17) is 9.97 Å². The van der Waals surface area contributed by atoms with Gasteiger partial charge in [0.25, 0.3) is 0 Å². The first-order valence-corrected chi connectivity index (χ1v) is 19.1. The Bertz CT molecular complexity index is 3240. The first kappa shape index (κ1) is 29.6. The summed E-state index contributed by atoms with van der Waals surface area (Å²) in [6, 6.07) is 54.5. The van der Waals surface area contributed by atoms with Gasteiger partial charge in [0.05, 0.1) is 11.2 Å². The lowest BCUT2D eigenvalue weighted by Crippen LogP contribution is -2.02. The Balaban J connectivity index is 1.13. The predicted octanol–water partition coefficient (Wildman–Crippen LogP) is 14.1. The summed E-state index contributed by atoms with van der Waals surface area (Å²) in [7, 11) is 0. The van der Waals surface area contributed by atoms with Crippen molar-refractivity contribution in [3.8, 4) is 22.4 Å². The van der Waals surface area contributed by atoms with Crippen LogP contribution in [0.3, 0.4) is 0 Å². The number of hydrogen-bond donors (Lipinski definition) is 1. The Morgan fingerprint density at radius 3 is 2.02 bits per heavy atom. The van der Waals surface area contributed by atoms with Crippen LogP contribution in [-0.4, -0.2) is 9.97 Å². The summed E-state index contributed by atoms with van der Waals surface area (Å²) in [5.74, 6) is 0.577. The van der Waals surface area contributed by atoms with Gasteiger partial charge in [0.15, 0.2) is 0 Å². The van der Waals surface area contributed by atoms with Gasteiger partial charge in [-0.2, -0.15) is 0 Å². The van der Waals surface area contributed by atoms with E-state index in [1.54, 1.807) is 0 Å². The van der Waals surface area contributed by atoms with Gasteiger partial charge in [-0.3, -0.25) is 0 Å². The van der Waals surface area contributed by atoms with Gasteiger partial charge in [0.2, 0.25) is 5.95 Å². The molecule has 5 heteroatoms. The minimum absolute atomic E-state index is 0.577. The molecule has 0 bridgehead atoms. The van der Waals surface area contributed by atoms with Gasteiger partial charge in [-0.05, 0) is 64.5 Å². The third-order valence-corrected chi connectivity index (χ3v) is 12.9. The number of rotatable bonds is 4. The van der Waals surface area contributed by atoms with Gasteiger partial charge in [-0.25, -0.2) is 9.97 Å². The van der Waals surface area contributed by atoms with Crippen LogP contribution >= 0.6 is 22.7 Å². The number of nitrogens with zero attached hydrogens (tertiary/aromatic N) is 2. The molecule has 0 fully saturated rings. The van der Waals surface area contributed by atoms with E-state index < -0.39 is 0 Å². The molecule has 0 unspecified atom stereocenters. The number of thiophene rings is 2. The summed E-state index contributed by atoms with van der Waals surface area (Å²) in [6.45, 7) is 2.27. The van der Waals surface area contributed by atoms with E-state index in [-0.39, 0.29) is 0 Å². The van der Waals surface area contributed by atoms with E-state index in [0.29, 0.717) is 5.95 Å². The van der Waals surface area contributed by atoms with Crippen LogP contribution in [0.2, 0.25) is 0 Å². The van der Waals surface area contributed by atoms with Gasteiger partial charge in [0, 0.05) is 67.9 Å². The molecule has 0 saturated heterocycles. The summed E-state index contributed by atoms with van der Waals surface area (Å²) in [5, 5.41) is 14.8. The van der Waals surface area contributed by atoms with Crippen molar-refractivity contribution in [2.45, 2.75) is 6.92 Å². The molecule has 11 aromatic rings. The highest BCUT2D eigenvalue weighted by Crippen LogP contribution is 2.47. The predicted molar refractivity (Wildman–Crippen MR) is 226 cm³/mol. The molecule has 0 aliphatic heterocycles. The zero-order chi connectivity index (χ0) is 34.3. The Morgan fingerprint density at radius 2 is 1.15 bits per heavy atom. The number of hydrogen-bond acceptors (Lipinski definition) is 5. The average Bonchev–Trinajstić information content (AvgIpc) is 3.77. The van der Waals surface area contributed by atoms with Crippen molar-refractivity contribution in [2.75, 3.05) is 5.32 Å². The molecule has 8 aromatic carbocycles. The van der Waals surface area contributed by atoms with Gasteiger partial charge < -0.3 is 5.32 Å². The normalized spacial score (nSPS) is 11.9. The maximum atomic E-state index is 5.32.